The molecule has 7 heteroatoms. The first-order valence-corrected chi connectivity index (χ1v) is 9.10. The van der Waals surface area contributed by atoms with E-state index in [4.69, 9.17) is 4.74 Å². The van der Waals surface area contributed by atoms with Crippen molar-refractivity contribution in [3.8, 4) is 5.75 Å². The number of aliphatic hydroxyl groups excluding tert-OH is 2. The molecule has 0 amide bonds. The van der Waals surface area contributed by atoms with Crippen LogP contribution in [0.3, 0.4) is 0 Å². The Labute approximate surface area is 153 Å². The van der Waals surface area contributed by atoms with Gasteiger partial charge in [-0.3, -0.25) is 15.0 Å². The molecule has 2 aliphatic rings. The number of methoxy groups -OCH3 is 1. The zero-order valence-corrected chi connectivity index (χ0v) is 15.0. The molecule has 142 valence electrons. The Hall–Kier alpha value is -1.96. The SMILES string of the molecule is COc1cc(/C=C2/CCCC(N3C[C@@H](O)[C@H](O)C3)CC2)ccc1[N+](=O)[O-]. The van der Waals surface area contributed by atoms with Gasteiger partial charge in [-0.05, 0) is 49.8 Å². The van der Waals surface area contributed by atoms with Crippen LogP contribution in [-0.2, 0) is 0 Å². The zero-order valence-electron chi connectivity index (χ0n) is 15.0. The average molecular weight is 362 g/mol. The highest BCUT2D eigenvalue weighted by Crippen LogP contribution is 2.32. The predicted molar refractivity (Wildman–Crippen MR) is 98.1 cm³/mol. The first-order valence-electron chi connectivity index (χ1n) is 9.10. The van der Waals surface area contributed by atoms with Crippen molar-refractivity contribution in [3.05, 3.63) is 39.4 Å². The largest absolute Gasteiger partial charge is 0.490 e. The molecular formula is C19H26N2O5. The molecule has 26 heavy (non-hydrogen) atoms. The van der Waals surface area contributed by atoms with Crippen molar-refractivity contribution >= 4 is 11.8 Å². The second kappa shape index (κ2) is 8.16. The van der Waals surface area contributed by atoms with Gasteiger partial charge in [0.05, 0.1) is 24.2 Å². The molecule has 1 unspecified atom stereocenters. The monoisotopic (exact) mass is 362 g/mol. The number of aliphatic hydroxyl groups is 2. The van der Waals surface area contributed by atoms with Gasteiger partial charge in [0.2, 0.25) is 0 Å². The van der Waals surface area contributed by atoms with Gasteiger partial charge in [-0.1, -0.05) is 11.6 Å². The lowest BCUT2D eigenvalue weighted by Gasteiger charge is -2.26. The fraction of sp³-hybridized carbons (Fsp3) is 0.579. The van der Waals surface area contributed by atoms with E-state index in [0.717, 1.165) is 37.7 Å². The van der Waals surface area contributed by atoms with Crippen LogP contribution in [0.25, 0.3) is 6.08 Å². The van der Waals surface area contributed by atoms with Crippen molar-refractivity contribution in [2.24, 2.45) is 0 Å². The number of rotatable bonds is 4. The second-order valence-corrected chi connectivity index (χ2v) is 7.16. The fourth-order valence-corrected chi connectivity index (χ4v) is 3.96. The van der Waals surface area contributed by atoms with E-state index < -0.39 is 17.1 Å². The van der Waals surface area contributed by atoms with Gasteiger partial charge in [-0.15, -0.1) is 0 Å². The Morgan fingerprint density at radius 1 is 1.23 bits per heavy atom. The highest BCUT2D eigenvalue weighted by Gasteiger charge is 2.34. The number of likely N-dealkylation sites (tertiary alicyclic amines) is 1. The lowest BCUT2D eigenvalue weighted by molar-refractivity contribution is -0.385. The highest BCUT2D eigenvalue weighted by atomic mass is 16.6. The van der Waals surface area contributed by atoms with Crippen LogP contribution in [0.5, 0.6) is 5.75 Å². The smallest absolute Gasteiger partial charge is 0.310 e. The summed E-state index contributed by atoms with van der Waals surface area (Å²) in [6, 6.07) is 5.33. The molecule has 1 aromatic rings. The number of nitrogens with zero attached hydrogens (tertiary/aromatic N) is 2. The second-order valence-electron chi connectivity index (χ2n) is 7.16. The van der Waals surface area contributed by atoms with E-state index in [1.807, 2.05) is 0 Å². The van der Waals surface area contributed by atoms with Gasteiger partial charge in [0.25, 0.3) is 0 Å². The quantitative estimate of drug-likeness (QED) is 0.485. The molecule has 1 saturated carbocycles. The minimum atomic E-state index is -0.638. The number of nitro groups is 1. The minimum Gasteiger partial charge on any atom is -0.490 e. The molecule has 0 aromatic heterocycles. The zero-order chi connectivity index (χ0) is 18.7. The third-order valence-electron chi connectivity index (χ3n) is 5.41. The Morgan fingerprint density at radius 3 is 2.62 bits per heavy atom. The summed E-state index contributed by atoms with van der Waals surface area (Å²) in [7, 11) is 1.44. The maximum absolute atomic E-state index is 11.0. The van der Waals surface area contributed by atoms with E-state index in [1.165, 1.54) is 18.7 Å². The normalized spacial score (nSPS) is 28.9. The molecule has 1 saturated heterocycles. The van der Waals surface area contributed by atoms with E-state index in [0.29, 0.717) is 19.1 Å². The number of nitro benzene ring substituents is 1. The predicted octanol–water partition coefficient (Wildman–Crippen LogP) is 2.36. The van der Waals surface area contributed by atoms with Crippen molar-refractivity contribution in [3.63, 3.8) is 0 Å². The number of benzene rings is 1. The standard InChI is InChI=1S/C19H26N2O5/c1-26-19-10-14(6-8-16(19)21(24)25)9-13-3-2-4-15(7-5-13)20-11-17(22)18(23)12-20/h6,8-10,15,17-18,22-23H,2-5,7,11-12H2,1H3/b13-9-/t15?,17-,18-/m1/s1. The van der Waals surface area contributed by atoms with Crippen LogP contribution in [0.2, 0.25) is 0 Å². The third kappa shape index (κ3) is 4.23. The molecule has 0 spiro atoms. The van der Waals surface area contributed by atoms with Crippen molar-refractivity contribution in [2.75, 3.05) is 20.2 Å². The molecule has 2 N–H and O–H groups in total. The van der Waals surface area contributed by atoms with Crippen LogP contribution in [0.15, 0.2) is 23.8 Å². The van der Waals surface area contributed by atoms with E-state index in [-0.39, 0.29) is 11.4 Å². The summed E-state index contributed by atoms with van der Waals surface area (Å²) in [4.78, 5) is 12.8. The number of hydrogen-bond acceptors (Lipinski definition) is 6. The lowest BCUT2D eigenvalue weighted by Crippen LogP contribution is -2.33. The molecule has 1 aliphatic carbocycles. The Morgan fingerprint density at radius 2 is 1.96 bits per heavy atom. The summed E-state index contributed by atoms with van der Waals surface area (Å²) in [6.07, 6.45) is 5.88. The molecule has 3 rings (SSSR count). The van der Waals surface area contributed by atoms with Gasteiger partial charge in [0.15, 0.2) is 5.75 Å². The van der Waals surface area contributed by atoms with E-state index >= 15 is 0 Å². The van der Waals surface area contributed by atoms with Crippen LogP contribution in [0, 0.1) is 10.1 Å². The Balaban J connectivity index is 1.68. The lowest BCUT2D eigenvalue weighted by atomic mass is 10.0. The molecule has 2 fully saturated rings. The molecular weight excluding hydrogens is 336 g/mol. The Bertz CT molecular complexity index is 681. The molecule has 0 radical (unpaired) electrons. The van der Waals surface area contributed by atoms with E-state index in [2.05, 4.69) is 11.0 Å². The van der Waals surface area contributed by atoms with Gasteiger partial charge in [0, 0.05) is 25.2 Å². The first-order chi connectivity index (χ1) is 12.5. The molecule has 1 aliphatic heterocycles. The topological polar surface area (TPSA) is 96.1 Å². The summed E-state index contributed by atoms with van der Waals surface area (Å²) < 4.78 is 5.14. The summed E-state index contributed by atoms with van der Waals surface area (Å²) in [5.41, 5.74) is 2.21. The minimum absolute atomic E-state index is 0.0262. The maximum atomic E-state index is 11.0. The molecule has 1 aromatic carbocycles. The van der Waals surface area contributed by atoms with Crippen molar-refractivity contribution < 1.29 is 19.9 Å². The molecule has 0 bridgehead atoms. The summed E-state index contributed by atoms with van der Waals surface area (Å²) >= 11 is 0. The average Bonchev–Trinajstić information content (AvgIpc) is 2.82. The summed E-state index contributed by atoms with van der Waals surface area (Å²) in [5.74, 6) is 0.274. The molecule has 7 nitrogen and oxygen atoms in total. The fourth-order valence-electron chi connectivity index (χ4n) is 3.96. The number of hydrogen-bond donors (Lipinski definition) is 2. The number of allylic oxidation sites excluding steroid dienone is 1. The molecule has 3 atom stereocenters. The van der Waals surface area contributed by atoms with Crippen LogP contribution >= 0.6 is 0 Å². The first kappa shape index (κ1) is 18.8. The van der Waals surface area contributed by atoms with Crippen LogP contribution < -0.4 is 4.74 Å². The van der Waals surface area contributed by atoms with E-state index in [9.17, 15) is 20.3 Å². The van der Waals surface area contributed by atoms with Crippen molar-refractivity contribution in [2.45, 2.75) is 50.4 Å². The molecule has 1 heterocycles. The third-order valence-corrected chi connectivity index (χ3v) is 5.41. The highest BCUT2D eigenvalue weighted by molar-refractivity contribution is 5.60. The van der Waals surface area contributed by atoms with Crippen molar-refractivity contribution in [1.82, 2.24) is 4.90 Å². The summed E-state index contributed by atoms with van der Waals surface area (Å²) in [5, 5.41) is 30.5. The van der Waals surface area contributed by atoms with Crippen LogP contribution in [0.4, 0.5) is 5.69 Å². The van der Waals surface area contributed by atoms with Gasteiger partial charge in [0.1, 0.15) is 0 Å². The van der Waals surface area contributed by atoms with Gasteiger partial charge < -0.3 is 14.9 Å². The maximum Gasteiger partial charge on any atom is 0.310 e. The summed E-state index contributed by atoms with van der Waals surface area (Å²) in [6.45, 7) is 1.09. The van der Waals surface area contributed by atoms with Gasteiger partial charge >= 0.3 is 5.69 Å². The van der Waals surface area contributed by atoms with Crippen molar-refractivity contribution in [1.29, 1.82) is 0 Å². The Kier molecular flexibility index (Phi) is 5.90. The van der Waals surface area contributed by atoms with Crippen LogP contribution in [-0.4, -0.2) is 58.5 Å². The van der Waals surface area contributed by atoms with E-state index in [1.54, 1.807) is 12.1 Å². The van der Waals surface area contributed by atoms with Crippen LogP contribution in [0.1, 0.15) is 37.7 Å². The number of ether oxygens (including phenoxy) is 1. The van der Waals surface area contributed by atoms with Gasteiger partial charge in [-0.25, -0.2) is 0 Å². The number of β-amino-alcohol motifs (C(OH)–C–C–N with tert-alkyl or cyclic N) is 2. The van der Waals surface area contributed by atoms with Gasteiger partial charge in [-0.2, -0.15) is 0 Å².